The Balaban J connectivity index is 1.12. The third kappa shape index (κ3) is 5.42. The number of carbonyl (C=O) groups excluding carboxylic acids is 2. The van der Waals surface area contributed by atoms with Crippen LogP contribution in [0.2, 0.25) is 0 Å². The van der Waals surface area contributed by atoms with Crippen LogP contribution in [0.5, 0.6) is 0 Å². The van der Waals surface area contributed by atoms with Gasteiger partial charge in [0.25, 0.3) is 11.8 Å². The van der Waals surface area contributed by atoms with Crippen LogP contribution < -0.4 is 4.90 Å². The van der Waals surface area contributed by atoms with Crippen molar-refractivity contribution in [1.29, 1.82) is 0 Å². The van der Waals surface area contributed by atoms with Gasteiger partial charge in [-0.15, -0.1) is 11.3 Å². The molecule has 1 aliphatic carbocycles. The van der Waals surface area contributed by atoms with Gasteiger partial charge in [-0.05, 0) is 88.8 Å². The second-order valence-corrected chi connectivity index (χ2v) is 13.3. The predicted molar refractivity (Wildman–Crippen MR) is 157 cm³/mol. The molecule has 0 spiro atoms. The standard InChI is InChI=1S/C33H38N2O3S/c1-33(2,3)25-10-6-24(7-11-25)31(36)34-19-27-28(20-34)29(27)21-35(32(37)30-5-4-18-39-30)26-12-8-22(9-13-26)23-14-16-38-17-15-23/h4-13,18,23,27-29H,14-17,19-21H2,1-3H3. The highest BCUT2D eigenvalue weighted by atomic mass is 32.1. The van der Waals surface area contributed by atoms with Gasteiger partial charge in [-0.3, -0.25) is 9.59 Å². The highest BCUT2D eigenvalue weighted by Gasteiger charge is 2.57. The van der Waals surface area contributed by atoms with Gasteiger partial charge in [0, 0.05) is 44.1 Å². The van der Waals surface area contributed by atoms with Crippen molar-refractivity contribution in [3.8, 4) is 0 Å². The van der Waals surface area contributed by atoms with Crippen molar-refractivity contribution < 1.29 is 14.3 Å². The molecule has 0 N–H and O–H groups in total. The van der Waals surface area contributed by atoms with E-state index in [1.165, 1.54) is 22.5 Å². The van der Waals surface area contributed by atoms with Gasteiger partial charge < -0.3 is 14.5 Å². The van der Waals surface area contributed by atoms with Gasteiger partial charge >= 0.3 is 0 Å². The lowest BCUT2D eigenvalue weighted by molar-refractivity contribution is 0.0766. The van der Waals surface area contributed by atoms with Crippen molar-refractivity contribution in [2.24, 2.45) is 17.8 Å². The Labute approximate surface area is 235 Å². The highest BCUT2D eigenvalue weighted by molar-refractivity contribution is 7.12. The minimum Gasteiger partial charge on any atom is -0.381 e. The molecule has 2 unspecified atom stereocenters. The first kappa shape index (κ1) is 26.3. The van der Waals surface area contributed by atoms with Gasteiger partial charge in [0.15, 0.2) is 0 Å². The number of nitrogens with zero attached hydrogens (tertiary/aromatic N) is 2. The molecule has 0 radical (unpaired) electrons. The summed E-state index contributed by atoms with van der Waals surface area (Å²) in [6.45, 7) is 10.5. The van der Waals surface area contributed by atoms with Crippen molar-refractivity contribution in [1.82, 2.24) is 4.90 Å². The summed E-state index contributed by atoms with van der Waals surface area (Å²) in [5.41, 5.74) is 4.36. The lowest BCUT2D eigenvalue weighted by Crippen LogP contribution is -2.36. The summed E-state index contributed by atoms with van der Waals surface area (Å²) < 4.78 is 5.53. The molecule has 2 aromatic carbocycles. The number of amides is 2. The molecule has 5 nitrogen and oxygen atoms in total. The average molecular weight is 543 g/mol. The number of piperidine rings is 1. The second-order valence-electron chi connectivity index (χ2n) is 12.4. The Morgan fingerprint density at radius 3 is 2.21 bits per heavy atom. The van der Waals surface area contributed by atoms with Crippen LogP contribution in [0.25, 0.3) is 0 Å². The van der Waals surface area contributed by atoms with E-state index in [1.807, 2.05) is 39.4 Å². The first-order valence-corrected chi connectivity index (χ1v) is 15.1. The topological polar surface area (TPSA) is 49.9 Å². The zero-order chi connectivity index (χ0) is 27.1. The SMILES string of the molecule is CC(C)(C)c1ccc(C(=O)N2CC3C(C2)C3CN(C(=O)c2cccs2)c2ccc(C3CCOCC3)cc2)cc1. The summed E-state index contributed by atoms with van der Waals surface area (Å²) in [5.74, 6) is 2.07. The first-order chi connectivity index (χ1) is 18.8. The fraction of sp³-hybridized carbons (Fsp3) is 0.455. The molecule has 39 heavy (non-hydrogen) atoms. The van der Waals surface area contributed by atoms with E-state index in [9.17, 15) is 9.59 Å². The molecule has 2 atom stereocenters. The molecule has 2 aliphatic heterocycles. The summed E-state index contributed by atoms with van der Waals surface area (Å²) in [6.07, 6.45) is 2.11. The van der Waals surface area contributed by atoms with E-state index in [4.69, 9.17) is 4.74 Å². The van der Waals surface area contributed by atoms with Gasteiger partial charge in [0.05, 0.1) is 4.88 Å². The first-order valence-electron chi connectivity index (χ1n) is 14.2. The second kappa shape index (κ2) is 10.5. The molecule has 1 aromatic heterocycles. The number of anilines is 1. The lowest BCUT2D eigenvalue weighted by atomic mass is 9.86. The van der Waals surface area contributed by atoms with E-state index < -0.39 is 0 Å². The molecular formula is C33H38N2O3S. The third-order valence-electron chi connectivity index (χ3n) is 8.92. The number of benzene rings is 2. The molecule has 2 saturated heterocycles. The normalized spacial score (nSPS) is 22.9. The molecule has 2 amide bonds. The van der Waals surface area contributed by atoms with Crippen LogP contribution in [0.15, 0.2) is 66.0 Å². The summed E-state index contributed by atoms with van der Waals surface area (Å²) in [7, 11) is 0. The third-order valence-corrected chi connectivity index (χ3v) is 9.78. The minimum atomic E-state index is 0.0701. The predicted octanol–water partition coefficient (Wildman–Crippen LogP) is 6.60. The summed E-state index contributed by atoms with van der Waals surface area (Å²) in [6, 6.07) is 20.6. The zero-order valence-electron chi connectivity index (χ0n) is 23.1. The van der Waals surface area contributed by atoms with Gasteiger partial charge in [-0.25, -0.2) is 0 Å². The van der Waals surface area contributed by atoms with Gasteiger partial charge in [-0.1, -0.05) is 51.1 Å². The molecular weight excluding hydrogens is 504 g/mol. The number of thiophene rings is 1. The number of hydrogen-bond donors (Lipinski definition) is 0. The van der Waals surface area contributed by atoms with Crippen LogP contribution >= 0.6 is 11.3 Å². The van der Waals surface area contributed by atoms with E-state index in [0.717, 1.165) is 55.3 Å². The Bertz CT molecular complexity index is 1290. The van der Waals surface area contributed by atoms with E-state index in [-0.39, 0.29) is 17.2 Å². The van der Waals surface area contributed by atoms with Crippen molar-refractivity contribution in [2.45, 2.75) is 44.9 Å². The zero-order valence-corrected chi connectivity index (χ0v) is 24.0. The molecule has 3 fully saturated rings. The average Bonchev–Trinajstić information content (AvgIpc) is 3.33. The quantitative estimate of drug-likeness (QED) is 0.352. The molecule has 3 aromatic rings. The molecule has 1 saturated carbocycles. The minimum absolute atomic E-state index is 0.0701. The fourth-order valence-electron chi connectivity index (χ4n) is 6.39. The van der Waals surface area contributed by atoms with E-state index in [2.05, 4.69) is 57.2 Å². The Hall–Kier alpha value is -2.96. The Kier molecular flexibility index (Phi) is 7.11. The van der Waals surface area contributed by atoms with Crippen molar-refractivity contribution in [3.05, 3.63) is 87.6 Å². The lowest BCUT2D eigenvalue weighted by Gasteiger charge is -2.27. The maximum atomic E-state index is 13.6. The van der Waals surface area contributed by atoms with Crippen LogP contribution in [-0.2, 0) is 10.2 Å². The molecule has 6 heteroatoms. The summed E-state index contributed by atoms with van der Waals surface area (Å²) in [5, 5.41) is 1.96. The number of likely N-dealkylation sites (tertiary alicyclic amines) is 1. The molecule has 3 heterocycles. The molecule has 204 valence electrons. The molecule has 0 bridgehead atoms. The Morgan fingerprint density at radius 1 is 0.949 bits per heavy atom. The largest absolute Gasteiger partial charge is 0.381 e. The number of rotatable bonds is 6. The number of hydrogen-bond acceptors (Lipinski definition) is 4. The van der Waals surface area contributed by atoms with E-state index in [1.54, 1.807) is 0 Å². The van der Waals surface area contributed by atoms with Crippen molar-refractivity contribution in [3.63, 3.8) is 0 Å². The van der Waals surface area contributed by atoms with Gasteiger partial charge in [-0.2, -0.15) is 0 Å². The van der Waals surface area contributed by atoms with Gasteiger partial charge in [0.1, 0.15) is 0 Å². The molecule has 6 rings (SSSR count). The monoisotopic (exact) mass is 542 g/mol. The van der Waals surface area contributed by atoms with Crippen LogP contribution in [0, 0.1) is 17.8 Å². The fourth-order valence-corrected chi connectivity index (χ4v) is 7.06. The van der Waals surface area contributed by atoms with Crippen molar-refractivity contribution in [2.75, 3.05) is 37.7 Å². The van der Waals surface area contributed by atoms with E-state index >= 15 is 0 Å². The van der Waals surface area contributed by atoms with Crippen LogP contribution in [-0.4, -0.2) is 49.6 Å². The smallest absolute Gasteiger partial charge is 0.268 e. The van der Waals surface area contributed by atoms with Crippen molar-refractivity contribution >= 4 is 28.8 Å². The Morgan fingerprint density at radius 2 is 1.62 bits per heavy atom. The van der Waals surface area contributed by atoms with Crippen LogP contribution in [0.4, 0.5) is 5.69 Å². The maximum absolute atomic E-state index is 13.6. The van der Waals surface area contributed by atoms with Gasteiger partial charge in [0.2, 0.25) is 0 Å². The molecule has 3 aliphatic rings. The maximum Gasteiger partial charge on any atom is 0.268 e. The summed E-state index contributed by atoms with van der Waals surface area (Å²) >= 11 is 1.50. The van der Waals surface area contributed by atoms with E-state index in [0.29, 0.717) is 30.2 Å². The number of carbonyl (C=O) groups is 2. The summed E-state index contributed by atoms with van der Waals surface area (Å²) in [4.78, 5) is 31.5. The highest BCUT2D eigenvalue weighted by Crippen LogP contribution is 2.52. The number of fused-ring (bicyclic) bond motifs is 1. The van der Waals surface area contributed by atoms with Crippen LogP contribution in [0.3, 0.4) is 0 Å². The van der Waals surface area contributed by atoms with Crippen LogP contribution in [0.1, 0.15) is 70.7 Å². The number of ether oxygens (including phenoxy) is 1.